The Balaban J connectivity index is 2.05. The van der Waals surface area contributed by atoms with Crippen molar-refractivity contribution in [1.82, 2.24) is 0 Å². The fourth-order valence-corrected chi connectivity index (χ4v) is 1.07. The normalized spacial score (nSPS) is 22.0. The maximum Gasteiger partial charge on any atom is 0.0471 e. The van der Waals surface area contributed by atoms with Crippen LogP contribution < -0.4 is 5.73 Å². The van der Waals surface area contributed by atoms with Crippen molar-refractivity contribution in [3.8, 4) is 0 Å². The molecular formula is C7H15NO. The number of aliphatic hydroxyl groups excluding tert-OH is 1. The molecule has 1 aliphatic carbocycles. The predicted octanol–water partition coefficient (Wildman–Crippen LogP) is 0.354. The Hall–Kier alpha value is -0.0800. The van der Waals surface area contributed by atoms with E-state index in [2.05, 4.69) is 0 Å². The molecule has 2 heteroatoms. The van der Waals surface area contributed by atoms with E-state index in [-0.39, 0.29) is 6.61 Å². The van der Waals surface area contributed by atoms with Crippen molar-refractivity contribution in [2.75, 3.05) is 13.2 Å². The largest absolute Gasteiger partial charge is 0.396 e. The molecule has 9 heavy (non-hydrogen) atoms. The molecule has 0 saturated heterocycles. The summed E-state index contributed by atoms with van der Waals surface area (Å²) in [5.74, 6) is 1.27. The van der Waals surface area contributed by atoms with E-state index < -0.39 is 0 Å². The molecule has 0 aromatic rings. The van der Waals surface area contributed by atoms with Crippen LogP contribution in [0.4, 0.5) is 0 Å². The van der Waals surface area contributed by atoms with Gasteiger partial charge in [-0.1, -0.05) is 12.8 Å². The fraction of sp³-hybridized carbons (Fsp3) is 1.00. The van der Waals surface area contributed by atoms with Crippen molar-refractivity contribution in [2.45, 2.75) is 19.3 Å². The van der Waals surface area contributed by atoms with Crippen molar-refractivity contribution in [1.29, 1.82) is 0 Å². The van der Waals surface area contributed by atoms with Crippen LogP contribution in [0.15, 0.2) is 0 Å². The summed E-state index contributed by atoms with van der Waals surface area (Å²) in [5.41, 5.74) is 5.40. The minimum absolute atomic E-state index is 0.271. The Kier molecular flexibility index (Phi) is 2.49. The van der Waals surface area contributed by atoms with E-state index in [1.165, 1.54) is 12.8 Å². The second-order valence-electron chi connectivity index (χ2n) is 2.96. The first kappa shape index (κ1) is 7.03. The first-order chi connectivity index (χ1) is 4.36. The smallest absolute Gasteiger partial charge is 0.0471 e. The van der Waals surface area contributed by atoms with Crippen molar-refractivity contribution in [3.63, 3.8) is 0 Å². The van der Waals surface area contributed by atoms with Gasteiger partial charge in [0.05, 0.1) is 0 Å². The summed E-state index contributed by atoms with van der Waals surface area (Å²) >= 11 is 0. The monoisotopic (exact) mass is 129 g/mol. The van der Waals surface area contributed by atoms with Crippen molar-refractivity contribution in [2.24, 2.45) is 17.6 Å². The van der Waals surface area contributed by atoms with E-state index in [1.54, 1.807) is 0 Å². The maximum absolute atomic E-state index is 8.72. The topological polar surface area (TPSA) is 46.2 Å². The van der Waals surface area contributed by atoms with Crippen LogP contribution in [0.25, 0.3) is 0 Å². The average molecular weight is 129 g/mol. The zero-order valence-electron chi connectivity index (χ0n) is 5.71. The third kappa shape index (κ3) is 2.33. The Morgan fingerprint density at radius 2 is 2.22 bits per heavy atom. The van der Waals surface area contributed by atoms with Crippen molar-refractivity contribution < 1.29 is 5.11 Å². The van der Waals surface area contributed by atoms with Gasteiger partial charge in [0.15, 0.2) is 0 Å². The van der Waals surface area contributed by atoms with Crippen molar-refractivity contribution in [3.05, 3.63) is 0 Å². The van der Waals surface area contributed by atoms with Gasteiger partial charge in [-0.15, -0.1) is 0 Å². The molecule has 0 radical (unpaired) electrons. The van der Waals surface area contributed by atoms with Gasteiger partial charge in [0.1, 0.15) is 0 Å². The van der Waals surface area contributed by atoms with Gasteiger partial charge in [-0.2, -0.15) is 0 Å². The lowest BCUT2D eigenvalue weighted by Crippen LogP contribution is -2.18. The molecule has 54 valence electrons. The molecule has 3 N–H and O–H groups in total. The lowest BCUT2D eigenvalue weighted by Gasteiger charge is -2.08. The fourth-order valence-electron chi connectivity index (χ4n) is 1.07. The van der Waals surface area contributed by atoms with Gasteiger partial charge >= 0.3 is 0 Å². The molecule has 0 bridgehead atoms. The summed E-state index contributed by atoms with van der Waals surface area (Å²) in [4.78, 5) is 0. The molecule has 0 aliphatic heterocycles. The van der Waals surface area contributed by atoms with Gasteiger partial charge in [0.2, 0.25) is 0 Å². The van der Waals surface area contributed by atoms with Gasteiger partial charge in [-0.3, -0.25) is 0 Å². The van der Waals surface area contributed by atoms with Crippen LogP contribution >= 0.6 is 0 Å². The zero-order valence-corrected chi connectivity index (χ0v) is 5.71. The second kappa shape index (κ2) is 3.18. The number of rotatable bonds is 4. The van der Waals surface area contributed by atoms with E-state index in [9.17, 15) is 0 Å². The molecule has 0 unspecified atom stereocenters. The molecule has 0 aromatic carbocycles. The number of hydrogen-bond acceptors (Lipinski definition) is 2. The molecule has 1 rings (SSSR count). The molecule has 1 aliphatic rings. The van der Waals surface area contributed by atoms with Gasteiger partial charge in [-0.05, 0) is 24.8 Å². The Morgan fingerprint density at radius 1 is 1.56 bits per heavy atom. The van der Waals surface area contributed by atoms with Crippen molar-refractivity contribution >= 4 is 0 Å². The third-order valence-electron chi connectivity index (χ3n) is 1.96. The van der Waals surface area contributed by atoms with E-state index in [0.717, 1.165) is 12.3 Å². The highest BCUT2D eigenvalue weighted by molar-refractivity contribution is 4.76. The minimum Gasteiger partial charge on any atom is -0.396 e. The van der Waals surface area contributed by atoms with E-state index >= 15 is 0 Å². The summed E-state index contributed by atoms with van der Waals surface area (Å²) < 4.78 is 0. The second-order valence-corrected chi connectivity index (χ2v) is 2.96. The molecule has 1 atom stereocenters. The highest BCUT2D eigenvalue weighted by Crippen LogP contribution is 2.34. The molecule has 1 fully saturated rings. The quantitative estimate of drug-likeness (QED) is 0.575. The highest BCUT2D eigenvalue weighted by atomic mass is 16.3. The van der Waals surface area contributed by atoms with Crippen LogP contribution in [0, 0.1) is 11.8 Å². The van der Waals surface area contributed by atoms with Crippen LogP contribution in [-0.2, 0) is 0 Å². The Labute approximate surface area is 56.1 Å². The molecule has 0 amide bonds. The minimum atomic E-state index is 0.271. The summed E-state index contributed by atoms with van der Waals surface area (Å²) in [6.07, 6.45) is 3.86. The zero-order chi connectivity index (χ0) is 6.69. The third-order valence-corrected chi connectivity index (χ3v) is 1.96. The van der Waals surface area contributed by atoms with Gasteiger partial charge < -0.3 is 10.8 Å². The molecule has 0 aromatic heterocycles. The molecular weight excluding hydrogens is 114 g/mol. The lowest BCUT2D eigenvalue weighted by molar-refractivity contribution is 0.218. The van der Waals surface area contributed by atoms with Gasteiger partial charge in [0.25, 0.3) is 0 Å². The Bertz CT molecular complexity index is 77.0. The SMILES string of the molecule is NC[C@@H](CO)CC1CC1. The molecule has 0 heterocycles. The first-order valence-corrected chi connectivity index (χ1v) is 3.67. The van der Waals surface area contributed by atoms with Crippen LogP contribution in [0.3, 0.4) is 0 Å². The lowest BCUT2D eigenvalue weighted by atomic mass is 10.0. The molecule has 0 spiro atoms. The number of nitrogens with two attached hydrogens (primary N) is 1. The number of aliphatic hydroxyl groups is 1. The van der Waals surface area contributed by atoms with E-state index in [1.807, 2.05) is 0 Å². The average Bonchev–Trinajstić information content (AvgIpc) is 2.66. The molecule has 2 nitrogen and oxygen atoms in total. The first-order valence-electron chi connectivity index (χ1n) is 3.67. The highest BCUT2D eigenvalue weighted by Gasteiger charge is 2.24. The van der Waals surface area contributed by atoms with Crippen LogP contribution in [0.5, 0.6) is 0 Å². The predicted molar refractivity (Wildman–Crippen MR) is 37.0 cm³/mol. The standard InChI is InChI=1S/C7H15NO/c8-4-7(5-9)3-6-1-2-6/h6-7,9H,1-5,8H2/t7-/m0/s1. The van der Waals surface area contributed by atoms with E-state index in [0.29, 0.717) is 12.5 Å². The maximum atomic E-state index is 8.72. The molecule has 1 saturated carbocycles. The Morgan fingerprint density at radius 3 is 2.56 bits per heavy atom. The summed E-state index contributed by atoms with van der Waals surface area (Å²) in [5, 5.41) is 8.72. The number of hydrogen-bond donors (Lipinski definition) is 2. The van der Waals surface area contributed by atoms with Crippen LogP contribution in [-0.4, -0.2) is 18.3 Å². The van der Waals surface area contributed by atoms with Crippen LogP contribution in [0.2, 0.25) is 0 Å². The van der Waals surface area contributed by atoms with Gasteiger partial charge in [-0.25, -0.2) is 0 Å². The van der Waals surface area contributed by atoms with Crippen LogP contribution in [0.1, 0.15) is 19.3 Å². The van der Waals surface area contributed by atoms with Gasteiger partial charge in [0, 0.05) is 6.61 Å². The summed E-state index contributed by atoms with van der Waals surface area (Å²) in [7, 11) is 0. The summed E-state index contributed by atoms with van der Waals surface area (Å²) in [6, 6.07) is 0. The summed E-state index contributed by atoms with van der Waals surface area (Å²) in [6.45, 7) is 0.917. The van der Waals surface area contributed by atoms with E-state index in [4.69, 9.17) is 10.8 Å².